The van der Waals surface area contributed by atoms with E-state index in [2.05, 4.69) is 36.4 Å². The maximum Gasteiger partial charge on any atom is 0.0498 e. The number of hydrogen-bond donors (Lipinski definition) is 0. The SMILES string of the molecule is CS(=O)c1ccc2c(c1)=CC1C=CC=CC=21. The van der Waals surface area contributed by atoms with E-state index in [1.165, 1.54) is 16.0 Å². The maximum absolute atomic E-state index is 11.4. The Balaban J connectivity index is 2.30. The highest BCUT2D eigenvalue weighted by Crippen LogP contribution is 2.22. The highest BCUT2D eigenvalue weighted by atomic mass is 32.2. The fourth-order valence-electron chi connectivity index (χ4n) is 2.29. The smallest absolute Gasteiger partial charge is 0.0498 e. The Labute approximate surface area is 97.0 Å². The van der Waals surface area contributed by atoms with Gasteiger partial charge in [0.2, 0.25) is 0 Å². The third-order valence-electron chi connectivity index (χ3n) is 3.09. The van der Waals surface area contributed by atoms with Crippen LogP contribution in [0.5, 0.6) is 0 Å². The van der Waals surface area contributed by atoms with Gasteiger partial charge in [0.1, 0.15) is 0 Å². The molecule has 16 heavy (non-hydrogen) atoms. The molecule has 2 aliphatic carbocycles. The van der Waals surface area contributed by atoms with Gasteiger partial charge in [0.25, 0.3) is 0 Å². The molecule has 80 valence electrons. The van der Waals surface area contributed by atoms with E-state index in [4.69, 9.17) is 0 Å². The van der Waals surface area contributed by atoms with Crippen LogP contribution in [0.15, 0.2) is 47.4 Å². The predicted octanol–water partition coefficient (Wildman–Crippen LogP) is 1.11. The first-order valence-electron chi connectivity index (χ1n) is 5.30. The molecule has 0 bridgehead atoms. The van der Waals surface area contributed by atoms with E-state index in [0.29, 0.717) is 5.92 Å². The normalized spacial score (nSPS) is 22.6. The summed E-state index contributed by atoms with van der Waals surface area (Å²) in [5, 5.41) is 2.49. The number of fused-ring (bicyclic) bond motifs is 2. The van der Waals surface area contributed by atoms with Gasteiger partial charge in [-0.1, -0.05) is 36.4 Å². The summed E-state index contributed by atoms with van der Waals surface area (Å²) in [5.74, 6) is 0.403. The van der Waals surface area contributed by atoms with Crippen LogP contribution in [0.4, 0.5) is 0 Å². The predicted molar refractivity (Wildman–Crippen MR) is 67.7 cm³/mol. The highest BCUT2D eigenvalue weighted by Gasteiger charge is 2.15. The molecule has 1 nitrogen and oxygen atoms in total. The summed E-state index contributed by atoms with van der Waals surface area (Å²) in [6, 6.07) is 6.09. The number of hydrogen-bond acceptors (Lipinski definition) is 1. The van der Waals surface area contributed by atoms with Crippen molar-refractivity contribution < 1.29 is 4.21 Å². The first-order chi connectivity index (χ1) is 7.75. The van der Waals surface area contributed by atoms with Crippen molar-refractivity contribution in [3.05, 3.63) is 52.9 Å². The molecule has 0 saturated carbocycles. The monoisotopic (exact) mass is 228 g/mol. The third-order valence-corrected chi connectivity index (χ3v) is 4.01. The molecule has 0 amide bonds. The second kappa shape index (κ2) is 3.56. The first-order valence-corrected chi connectivity index (χ1v) is 6.86. The van der Waals surface area contributed by atoms with Crippen LogP contribution in [0.3, 0.4) is 0 Å². The lowest BCUT2D eigenvalue weighted by atomic mass is 9.97. The molecular weight excluding hydrogens is 216 g/mol. The van der Waals surface area contributed by atoms with Gasteiger partial charge in [-0.25, -0.2) is 0 Å². The molecule has 1 aromatic rings. The Morgan fingerprint density at radius 3 is 2.94 bits per heavy atom. The van der Waals surface area contributed by atoms with E-state index >= 15 is 0 Å². The molecule has 0 fully saturated rings. The molecule has 0 saturated heterocycles. The van der Waals surface area contributed by atoms with Crippen LogP contribution in [-0.2, 0) is 10.8 Å². The van der Waals surface area contributed by atoms with Crippen molar-refractivity contribution >= 4 is 22.4 Å². The topological polar surface area (TPSA) is 17.1 Å². The molecule has 2 aliphatic rings. The van der Waals surface area contributed by atoms with Gasteiger partial charge in [-0.05, 0) is 28.1 Å². The van der Waals surface area contributed by atoms with Crippen LogP contribution < -0.4 is 10.4 Å². The van der Waals surface area contributed by atoms with Gasteiger partial charge < -0.3 is 0 Å². The van der Waals surface area contributed by atoms with E-state index in [-0.39, 0.29) is 0 Å². The maximum atomic E-state index is 11.4. The van der Waals surface area contributed by atoms with E-state index in [1.807, 2.05) is 12.1 Å². The summed E-state index contributed by atoms with van der Waals surface area (Å²) >= 11 is 0. The van der Waals surface area contributed by atoms with Gasteiger partial charge in [0, 0.05) is 27.9 Å². The van der Waals surface area contributed by atoms with Crippen molar-refractivity contribution in [2.45, 2.75) is 4.90 Å². The van der Waals surface area contributed by atoms with E-state index < -0.39 is 10.8 Å². The van der Waals surface area contributed by atoms with Crippen molar-refractivity contribution in [1.82, 2.24) is 0 Å². The second-order valence-electron chi connectivity index (χ2n) is 4.09. The van der Waals surface area contributed by atoms with Gasteiger partial charge >= 0.3 is 0 Å². The van der Waals surface area contributed by atoms with Gasteiger partial charge in [-0.2, -0.15) is 0 Å². The molecule has 0 aromatic heterocycles. The van der Waals surface area contributed by atoms with Gasteiger partial charge in [-0.15, -0.1) is 0 Å². The minimum atomic E-state index is -0.897. The minimum absolute atomic E-state index is 0.403. The Kier molecular flexibility index (Phi) is 2.18. The number of rotatable bonds is 1. The lowest BCUT2D eigenvalue weighted by molar-refractivity contribution is 0.686. The molecule has 1 aromatic carbocycles. The zero-order valence-electron chi connectivity index (χ0n) is 9.01. The van der Waals surface area contributed by atoms with Crippen molar-refractivity contribution in [3.63, 3.8) is 0 Å². The summed E-state index contributed by atoms with van der Waals surface area (Å²) in [6.07, 6.45) is 12.5. The fourth-order valence-corrected chi connectivity index (χ4v) is 2.84. The molecule has 0 heterocycles. The van der Waals surface area contributed by atoms with Crippen LogP contribution in [0, 0.1) is 5.92 Å². The van der Waals surface area contributed by atoms with Crippen LogP contribution in [-0.4, -0.2) is 10.5 Å². The second-order valence-corrected chi connectivity index (χ2v) is 5.47. The molecule has 3 rings (SSSR count). The number of benzene rings is 1. The Bertz CT molecular complexity index is 650. The summed E-state index contributed by atoms with van der Waals surface area (Å²) in [4.78, 5) is 0.905. The first kappa shape index (κ1) is 9.79. The lowest BCUT2D eigenvalue weighted by Gasteiger charge is -2.07. The Morgan fingerprint density at radius 2 is 2.12 bits per heavy atom. The summed E-state index contributed by atoms with van der Waals surface area (Å²) < 4.78 is 11.4. The largest absolute Gasteiger partial charge is 0.255 e. The van der Waals surface area contributed by atoms with E-state index in [0.717, 1.165) is 4.90 Å². The number of allylic oxidation sites excluding steroid dienone is 4. The lowest BCUT2D eigenvalue weighted by Crippen LogP contribution is -2.23. The Morgan fingerprint density at radius 1 is 1.25 bits per heavy atom. The fraction of sp³-hybridized carbons (Fsp3) is 0.143. The van der Waals surface area contributed by atoms with Gasteiger partial charge in [-0.3, -0.25) is 4.21 Å². The van der Waals surface area contributed by atoms with Gasteiger partial charge in [0.05, 0.1) is 0 Å². The van der Waals surface area contributed by atoms with E-state index in [1.54, 1.807) is 6.26 Å². The molecular formula is C14H12OS. The molecule has 2 atom stereocenters. The average Bonchev–Trinajstić information content (AvgIpc) is 2.66. The van der Waals surface area contributed by atoms with Crippen LogP contribution in [0.2, 0.25) is 0 Å². The van der Waals surface area contributed by atoms with Crippen molar-refractivity contribution in [3.8, 4) is 0 Å². The summed E-state index contributed by atoms with van der Waals surface area (Å²) in [6.45, 7) is 0. The van der Waals surface area contributed by atoms with Crippen molar-refractivity contribution in [2.75, 3.05) is 6.26 Å². The van der Waals surface area contributed by atoms with Crippen LogP contribution >= 0.6 is 0 Å². The third kappa shape index (κ3) is 1.41. The van der Waals surface area contributed by atoms with Crippen molar-refractivity contribution in [2.24, 2.45) is 5.92 Å². The quantitative estimate of drug-likeness (QED) is 0.704. The molecule has 0 aliphatic heterocycles. The minimum Gasteiger partial charge on any atom is -0.255 e. The molecule has 0 radical (unpaired) electrons. The van der Waals surface area contributed by atoms with Crippen molar-refractivity contribution in [1.29, 1.82) is 0 Å². The van der Waals surface area contributed by atoms with E-state index in [9.17, 15) is 4.21 Å². The standard InChI is InChI=1S/C14H12OS/c1-16(15)12-6-7-14-11(9-12)8-10-4-2-3-5-13(10)14/h2-10H,1H3. The summed E-state index contributed by atoms with van der Waals surface area (Å²) in [5.41, 5.74) is 1.35. The van der Waals surface area contributed by atoms with Crippen LogP contribution in [0.25, 0.3) is 11.6 Å². The zero-order valence-corrected chi connectivity index (χ0v) is 9.83. The highest BCUT2D eigenvalue weighted by molar-refractivity contribution is 7.84. The summed E-state index contributed by atoms with van der Waals surface area (Å²) in [7, 11) is -0.897. The molecule has 2 heteroatoms. The average molecular weight is 228 g/mol. The zero-order chi connectivity index (χ0) is 11.1. The van der Waals surface area contributed by atoms with Crippen LogP contribution in [0.1, 0.15) is 0 Å². The molecule has 0 spiro atoms. The molecule has 0 N–H and O–H groups in total. The molecule has 2 unspecified atom stereocenters. The van der Waals surface area contributed by atoms with Gasteiger partial charge in [0.15, 0.2) is 0 Å². The Hall–Kier alpha value is -1.41.